The van der Waals surface area contributed by atoms with Crippen LogP contribution in [0.15, 0.2) is 29.2 Å². The first-order valence-electron chi connectivity index (χ1n) is 7.79. The SMILES string of the molecule is O=S(=O)(NCCC(O)C1CCOCC1)c1ccccc1OC(F)(F)F. The molecule has 1 aliphatic rings. The summed E-state index contributed by atoms with van der Waals surface area (Å²) in [6.45, 7) is 1.01. The number of sulfonamides is 1. The number of benzene rings is 1. The van der Waals surface area contributed by atoms with E-state index in [1.165, 1.54) is 12.1 Å². The van der Waals surface area contributed by atoms with Gasteiger partial charge >= 0.3 is 6.36 Å². The van der Waals surface area contributed by atoms with Gasteiger partial charge in [-0.25, -0.2) is 13.1 Å². The van der Waals surface area contributed by atoms with Gasteiger partial charge in [0, 0.05) is 19.8 Å². The van der Waals surface area contributed by atoms with Gasteiger partial charge in [0.25, 0.3) is 0 Å². The maximum atomic E-state index is 12.4. The smallest absolute Gasteiger partial charge is 0.404 e. The number of nitrogens with one attached hydrogen (secondary N) is 1. The highest BCUT2D eigenvalue weighted by atomic mass is 32.2. The molecule has 0 aromatic heterocycles. The maximum Gasteiger partial charge on any atom is 0.573 e. The summed E-state index contributed by atoms with van der Waals surface area (Å²) in [5, 5.41) is 10.1. The molecule has 0 aliphatic carbocycles. The molecule has 25 heavy (non-hydrogen) atoms. The summed E-state index contributed by atoms with van der Waals surface area (Å²) in [5.74, 6) is -0.772. The summed E-state index contributed by atoms with van der Waals surface area (Å²) < 4.78 is 72.8. The highest BCUT2D eigenvalue weighted by Gasteiger charge is 2.34. The average molecular weight is 383 g/mol. The van der Waals surface area contributed by atoms with Gasteiger partial charge < -0.3 is 14.6 Å². The van der Waals surface area contributed by atoms with E-state index >= 15 is 0 Å². The molecule has 1 heterocycles. The Balaban J connectivity index is 1.97. The number of hydrogen-bond acceptors (Lipinski definition) is 5. The second-order valence-electron chi connectivity index (χ2n) is 5.70. The van der Waals surface area contributed by atoms with E-state index in [1.807, 2.05) is 0 Å². The molecule has 1 aliphatic heterocycles. The lowest BCUT2D eigenvalue weighted by atomic mass is 9.92. The Hall–Kier alpha value is -1.36. The molecule has 1 aromatic rings. The van der Waals surface area contributed by atoms with Crippen LogP contribution in [0.4, 0.5) is 13.2 Å². The van der Waals surface area contributed by atoms with Crippen molar-refractivity contribution in [1.29, 1.82) is 0 Å². The van der Waals surface area contributed by atoms with E-state index in [4.69, 9.17) is 4.74 Å². The average Bonchev–Trinajstić information content (AvgIpc) is 2.54. The van der Waals surface area contributed by atoms with E-state index in [9.17, 15) is 26.7 Å². The van der Waals surface area contributed by atoms with Crippen molar-refractivity contribution in [2.75, 3.05) is 19.8 Å². The third-order valence-electron chi connectivity index (χ3n) is 3.91. The first-order chi connectivity index (χ1) is 11.7. The highest BCUT2D eigenvalue weighted by molar-refractivity contribution is 7.89. The normalized spacial score (nSPS) is 18.1. The number of alkyl halides is 3. The summed E-state index contributed by atoms with van der Waals surface area (Å²) >= 11 is 0. The maximum absolute atomic E-state index is 12.4. The van der Waals surface area contributed by atoms with Gasteiger partial charge in [0.05, 0.1) is 6.10 Å². The first kappa shape index (κ1) is 20.0. The largest absolute Gasteiger partial charge is 0.573 e. The Morgan fingerprint density at radius 1 is 1.28 bits per heavy atom. The lowest BCUT2D eigenvalue weighted by Gasteiger charge is -2.26. The first-order valence-corrected chi connectivity index (χ1v) is 9.27. The van der Waals surface area contributed by atoms with E-state index < -0.39 is 33.1 Å². The van der Waals surface area contributed by atoms with Crippen molar-refractivity contribution in [3.63, 3.8) is 0 Å². The van der Waals surface area contributed by atoms with Crippen molar-refractivity contribution >= 4 is 10.0 Å². The summed E-state index contributed by atoms with van der Waals surface area (Å²) in [6, 6.07) is 4.50. The zero-order valence-electron chi connectivity index (χ0n) is 13.3. The number of ether oxygens (including phenoxy) is 2. The van der Waals surface area contributed by atoms with Gasteiger partial charge in [0.2, 0.25) is 10.0 Å². The third-order valence-corrected chi connectivity index (χ3v) is 5.41. The van der Waals surface area contributed by atoms with Crippen LogP contribution in [0.2, 0.25) is 0 Å². The van der Waals surface area contributed by atoms with Crippen LogP contribution in [0.25, 0.3) is 0 Å². The molecule has 1 aromatic carbocycles. The van der Waals surface area contributed by atoms with Gasteiger partial charge in [0.15, 0.2) is 0 Å². The molecule has 0 amide bonds. The van der Waals surface area contributed by atoms with Gasteiger partial charge in [0.1, 0.15) is 10.6 Å². The molecular weight excluding hydrogens is 363 g/mol. The standard InChI is InChI=1S/C15H20F3NO5S/c16-15(17,18)24-13-3-1-2-4-14(13)25(21,22)19-8-5-12(20)11-6-9-23-10-7-11/h1-4,11-12,19-20H,5-10H2. The Morgan fingerprint density at radius 2 is 1.92 bits per heavy atom. The second kappa shape index (κ2) is 8.35. The molecule has 1 fully saturated rings. The quantitative estimate of drug-likeness (QED) is 0.753. The van der Waals surface area contributed by atoms with Crippen LogP contribution in [0, 0.1) is 5.92 Å². The van der Waals surface area contributed by atoms with Crippen molar-refractivity contribution in [3.05, 3.63) is 24.3 Å². The molecular formula is C15H20F3NO5S. The van der Waals surface area contributed by atoms with Crippen molar-refractivity contribution in [1.82, 2.24) is 4.72 Å². The second-order valence-corrected chi connectivity index (χ2v) is 7.43. The van der Waals surface area contributed by atoms with Gasteiger partial charge in [-0.15, -0.1) is 13.2 Å². The van der Waals surface area contributed by atoms with Gasteiger partial charge in [-0.1, -0.05) is 12.1 Å². The highest BCUT2D eigenvalue weighted by Crippen LogP contribution is 2.29. The molecule has 1 unspecified atom stereocenters. The molecule has 0 saturated carbocycles. The summed E-state index contributed by atoms with van der Waals surface area (Å²) in [6.07, 6.45) is -4.16. The van der Waals surface area contributed by atoms with Crippen molar-refractivity contribution in [2.45, 2.75) is 36.6 Å². The van der Waals surface area contributed by atoms with Crippen LogP contribution >= 0.6 is 0 Å². The van der Waals surface area contributed by atoms with E-state index in [-0.39, 0.29) is 18.9 Å². The van der Waals surface area contributed by atoms with E-state index in [1.54, 1.807) is 0 Å². The van der Waals surface area contributed by atoms with Crippen LogP contribution in [-0.2, 0) is 14.8 Å². The number of hydrogen-bond donors (Lipinski definition) is 2. The lowest BCUT2D eigenvalue weighted by Crippen LogP contribution is -2.32. The monoisotopic (exact) mass is 383 g/mol. The Kier molecular flexibility index (Phi) is 6.66. The topological polar surface area (TPSA) is 84.9 Å². The summed E-state index contributed by atoms with van der Waals surface area (Å²) in [7, 11) is -4.20. The molecule has 2 N–H and O–H groups in total. The number of rotatable bonds is 7. The van der Waals surface area contributed by atoms with E-state index in [0.29, 0.717) is 26.1 Å². The summed E-state index contributed by atoms with van der Waals surface area (Å²) in [5.41, 5.74) is 0. The number of aliphatic hydroxyl groups excluding tert-OH is 1. The minimum atomic E-state index is -5.00. The van der Waals surface area contributed by atoms with Crippen LogP contribution in [0.5, 0.6) is 5.75 Å². The third kappa shape index (κ3) is 6.14. The van der Waals surface area contributed by atoms with Crippen LogP contribution < -0.4 is 9.46 Å². The molecule has 10 heteroatoms. The lowest BCUT2D eigenvalue weighted by molar-refractivity contribution is -0.275. The van der Waals surface area contributed by atoms with Gasteiger partial charge in [-0.3, -0.25) is 0 Å². The Morgan fingerprint density at radius 3 is 2.56 bits per heavy atom. The fourth-order valence-corrected chi connectivity index (χ4v) is 3.81. The van der Waals surface area contributed by atoms with E-state index in [2.05, 4.69) is 9.46 Å². The molecule has 0 spiro atoms. The van der Waals surface area contributed by atoms with Crippen LogP contribution in [0.3, 0.4) is 0 Å². The number of halogens is 3. The van der Waals surface area contributed by atoms with Crippen LogP contribution in [-0.4, -0.2) is 45.7 Å². The molecule has 2 rings (SSSR count). The molecule has 1 atom stereocenters. The van der Waals surface area contributed by atoms with Crippen molar-refractivity contribution in [2.24, 2.45) is 5.92 Å². The zero-order valence-corrected chi connectivity index (χ0v) is 14.1. The van der Waals surface area contributed by atoms with Crippen molar-refractivity contribution < 1.29 is 36.2 Å². The fraction of sp³-hybridized carbons (Fsp3) is 0.600. The molecule has 1 saturated heterocycles. The minimum absolute atomic E-state index is 0.0269. The Labute approximate surface area is 144 Å². The molecule has 0 bridgehead atoms. The van der Waals surface area contributed by atoms with Gasteiger partial charge in [-0.2, -0.15) is 0 Å². The van der Waals surface area contributed by atoms with Gasteiger partial charge in [-0.05, 0) is 37.3 Å². The minimum Gasteiger partial charge on any atom is -0.404 e. The number of para-hydroxylation sites is 1. The predicted molar refractivity (Wildman–Crippen MR) is 82.5 cm³/mol. The Bertz CT molecular complexity index is 659. The summed E-state index contributed by atoms with van der Waals surface area (Å²) in [4.78, 5) is -0.604. The molecule has 6 nitrogen and oxygen atoms in total. The molecule has 142 valence electrons. The number of aliphatic hydroxyl groups is 1. The van der Waals surface area contributed by atoms with Crippen LogP contribution in [0.1, 0.15) is 19.3 Å². The predicted octanol–water partition coefficient (Wildman–Crippen LogP) is 2.04. The fourth-order valence-electron chi connectivity index (χ4n) is 2.64. The van der Waals surface area contributed by atoms with Crippen molar-refractivity contribution in [3.8, 4) is 5.75 Å². The zero-order chi connectivity index (χ0) is 18.5. The molecule has 0 radical (unpaired) electrons. The van der Waals surface area contributed by atoms with E-state index in [0.717, 1.165) is 12.1 Å².